The highest BCUT2D eigenvalue weighted by Crippen LogP contribution is 2.19. The number of rotatable bonds is 4. The van der Waals surface area contributed by atoms with Crippen LogP contribution in [0.15, 0.2) is 49.1 Å². The maximum absolute atomic E-state index is 9.10. The van der Waals surface area contributed by atoms with Crippen LogP contribution in [0.5, 0.6) is 0 Å². The van der Waals surface area contributed by atoms with Gasteiger partial charge in [0.25, 0.3) is 0 Å². The number of thiocarbonyl (C=S) groups is 1. The van der Waals surface area contributed by atoms with Crippen LogP contribution in [0.25, 0.3) is 0 Å². The topological polar surface area (TPSA) is 47.3 Å². The van der Waals surface area contributed by atoms with E-state index in [0.717, 1.165) is 5.56 Å². The summed E-state index contributed by atoms with van der Waals surface area (Å²) in [6, 6.07) is 9.62. The van der Waals surface area contributed by atoms with Crippen LogP contribution >= 0.6 is 12.2 Å². The second-order valence-corrected chi connectivity index (χ2v) is 3.89. The van der Waals surface area contributed by atoms with Gasteiger partial charge in [-0.3, -0.25) is 0 Å². The van der Waals surface area contributed by atoms with Crippen LogP contribution < -0.4 is 0 Å². The Bertz CT molecular complexity index is 471. The molecule has 1 aromatic heterocycles. The molecule has 2 rings (SSSR count). The first-order valence-corrected chi connectivity index (χ1v) is 5.57. The summed E-state index contributed by atoms with van der Waals surface area (Å²) in [7, 11) is 0. The molecular formula is C12H12N2O2S. The van der Waals surface area contributed by atoms with Crippen molar-refractivity contribution in [3.63, 3.8) is 0 Å². The van der Waals surface area contributed by atoms with Gasteiger partial charge in [-0.15, -0.1) is 0 Å². The zero-order valence-corrected chi connectivity index (χ0v) is 9.88. The van der Waals surface area contributed by atoms with E-state index in [0.29, 0.717) is 6.54 Å². The van der Waals surface area contributed by atoms with Crippen molar-refractivity contribution in [2.24, 2.45) is 0 Å². The molecule has 1 atom stereocenters. The van der Waals surface area contributed by atoms with Gasteiger partial charge in [0.1, 0.15) is 6.10 Å². The van der Waals surface area contributed by atoms with Crippen LogP contribution in [-0.2, 0) is 11.3 Å². The fourth-order valence-electron chi connectivity index (χ4n) is 1.59. The molecule has 0 fully saturated rings. The molecule has 5 heteroatoms. The minimum absolute atomic E-state index is 0.317. The molecule has 0 radical (unpaired) electrons. The lowest BCUT2D eigenvalue weighted by Gasteiger charge is -2.17. The predicted molar refractivity (Wildman–Crippen MR) is 67.7 cm³/mol. The van der Waals surface area contributed by atoms with E-state index in [2.05, 4.69) is 17.2 Å². The maximum Gasteiger partial charge on any atom is 0.350 e. The van der Waals surface area contributed by atoms with E-state index in [9.17, 15) is 0 Å². The van der Waals surface area contributed by atoms with Crippen molar-refractivity contribution in [2.75, 3.05) is 0 Å². The molecule has 1 heterocycles. The second-order valence-electron chi connectivity index (χ2n) is 3.54. The third kappa shape index (κ3) is 3.29. The van der Waals surface area contributed by atoms with E-state index in [1.54, 1.807) is 12.5 Å². The second kappa shape index (κ2) is 5.45. The number of imidazole rings is 1. The molecule has 0 aliphatic heterocycles. The highest BCUT2D eigenvalue weighted by atomic mass is 32.1. The van der Waals surface area contributed by atoms with Gasteiger partial charge in [-0.05, 0) is 5.56 Å². The van der Waals surface area contributed by atoms with Crippen molar-refractivity contribution in [1.82, 2.24) is 9.55 Å². The summed E-state index contributed by atoms with van der Waals surface area (Å²) in [5.41, 5.74) is 0.956. The Morgan fingerprint density at radius 2 is 2.18 bits per heavy atom. The highest BCUT2D eigenvalue weighted by molar-refractivity contribution is 7.79. The first-order valence-electron chi connectivity index (χ1n) is 5.16. The van der Waals surface area contributed by atoms with Crippen molar-refractivity contribution in [2.45, 2.75) is 12.6 Å². The minimum Gasteiger partial charge on any atom is -0.472 e. The van der Waals surface area contributed by atoms with Gasteiger partial charge >= 0.3 is 5.24 Å². The summed E-state index contributed by atoms with van der Waals surface area (Å²) in [6.07, 6.45) is 4.90. The van der Waals surface area contributed by atoms with Crippen LogP contribution in [0.4, 0.5) is 0 Å². The molecule has 0 saturated heterocycles. The zero-order chi connectivity index (χ0) is 12.1. The Kier molecular flexibility index (Phi) is 3.72. The normalized spacial score (nSPS) is 12.0. The van der Waals surface area contributed by atoms with Crippen molar-refractivity contribution in [3.05, 3.63) is 54.6 Å². The smallest absolute Gasteiger partial charge is 0.350 e. The lowest BCUT2D eigenvalue weighted by atomic mass is 10.1. The number of aromatic nitrogens is 2. The molecule has 2 aromatic rings. The summed E-state index contributed by atoms with van der Waals surface area (Å²) in [4.78, 5) is 3.96. The summed E-state index contributed by atoms with van der Waals surface area (Å²) >= 11 is 4.58. The van der Waals surface area contributed by atoms with Crippen molar-refractivity contribution in [3.8, 4) is 0 Å². The largest absolute Gasteiger partial charge is 0.472 e. The quantitative estimate of drug-likeness (QED) is 0.844. The third-order valence-corrected chi connectivity index (χ3v) is 2.45. The molecule has 0 aliphatic carbocycles. The number of nitrogens with zero attached hydrogens (tertiary/aromatic N) is 2. The van der Waals surface area contributed by atoms with E-state index >= 15 is 0 Å². The van der Waals surface area contributed by atoms with Crippen molar-refractivity contribution >= 4 is 17.5 Å². The summed E-state index contributed by atoms with van der Waals surface area (Å²) < 4.78 is 7.12. The molecule has 0 unspecified atom stereocenters. The van der Waals surface area contributed by atoms with E-state index in [1.165, 1.54) is 0 Å². The maximum atomic E-state index is 9.10. The van der Waals surface area contributed by atoms with Crippen LogP contribution in [-0.4, -0.2) is 19.9 Å². The molecule has 0 bridgehead atoms. The lowest BCUT2D eigenvalue weighted by Crippen LogP contribution is -2.14. The Morgan fingerprint density at radius 3 is 2.76 bits per heavy atom. The number of hydrogen-bond acceptors (Lipinski definition) is 3. The lowest BCUT2D eigenvalue weighted by molar-refractivity contribution is 0.135. The Labute approximate surface area is 104 Å². The first kappa shape index (κ1) is 11.6. The molecule has 88 valence electrons. The Balaban J connectivity index is 2.16. The van der Waals surface area contributed by atoms with Gasteiger partial charge in [-0.2, -0.15) is 0 Å². The Hall–Kier alpha value is -1.88. The number of aliphatic hydroxyl groups excluding tert-OH is 1. The third-order valence-electron chi connectivity index (χ3n) is 2.35. The standard InChI is InChI=1S/C12H12N2O2S/c15-12(17)16-11(8-14-7-6-13-9-14)10-4-2-1-3-5-10/h1-7,9,11H,8H2,(H,15,17)/t11-/m0/s1. The monoisotopic (exact) mass is 248 g/mol. The molecule has 1 aromatic carbocycles. The van der Waals surface area contributed by atoms with Gasteiger partial charge < -0.3 is 14.4 Å². The van der Waals surface area contributed by atoms with Crippen LogP contribution in [0.3, 0.4) is 0 Å². The molecule has 17 heavy (non-hydrogen) atoms. The van der Waals surface area contributed by atoms with E-state index in [4.69, 9.17) is 9.84 Å². The molecule has 0 saturated carbocycles. The molecule has 0 spiro atoms. The predicted octanol–water partition coefficient (Wildman–Crippen LogP) is 2.48. The SMILES string of the molecule is OC(=S)O[C@@H](Cn1ccnc1)c1ccccc1. The van der Waals surface area contributed by atoms with Gasteiger partial charge in [0.05, 0.1) is 12.9 Å². The first-order chi connectivity index (χ1) is 8.25. The molecule has 0 aliphatic rings. The number of aliphatic hydroxyl groups is 1. The van der Waals surface area contributed by atoms with E-state index in [-0.39, 0.29) is 6.10 Å². The number of ether oxygens (including phenoxy) is 1. The van der Waals surface area contributed by atoms with Gasteiger partial charge in [-0.1, -0.05) is 30.3 Å². The van der Waals surface area contributed by atoms with Gasteiger partial charge in [-0.25, -0.2) is 4.98 Å². The van der Waals surface area contributed by atoms with Crippen LogP contribution in [0.1, 0.15) is 11.7 Å². The summed E-state index contributed by atoms with van der Waals surface area (Å²) in [5.74, 6) is 0. The van der Waals surface area contributed by atoms with Crippen LogP contribution in [0.2, 0.25) is 0 Å². The fourth-order valence-corrected chi connectivity index (χ4v) is 1.70. The van der Waals surface area contributed by atoms with Gasteiger partial charge in [0.15, 0.2) is 0 Å². The molecular weight excluding hydrogens is 236 g/mol. The number of benzene rings is 1. The molecule has 4 nitrogen and oxygen atoms in total. The van der Waals surface area contributed by atoms with Gasteiger partial charge in [0.2, 0.25) is 0 Å². The van der Waals surface area contributed by atoms with E-state index < -0.39 is 5.24 Å². The molecule has 1 N–H and O–H groups in total. The van der Waals surface area contributed by atoms with Crippen molar-refractivity contribution in [1.29, 1.82) is 0 Å². The van der Waals surface area contributed by atoms with Crippen LogP contribution in [0, 0.1) is 0 Å². The van der Waals surface area contributed by atoms with E-state index in [1.807, 2.05) is 41.1 Å². The number of hydrogen-bond donors (Lipinski definition) is 1. The average molecular weight is 248 g/mol. The molecule has 0 amide bonds. The summed E-state index contributed by atoms with van der Waals surface area (Å²) in [6.45, 7) is 0.546. The van der Waals surface area contributed by atoms with Gasteiger partial charge in [0, 0.05) is 24.6 Å². The average Bonchev–Trinajstić information content (AvgIpc) is 2.82. The Morgan fingerprint density at radius 1 is 1.41 bits per heavy atom. The fraction of sp³-hybridized carbons (Fsp3) is 0.167. The zero-order valence-electron chi connectivity index (χ0n) is 9.06. The summed E-state index contributed by atoms with van der Waals surface area (Å²) in [5, 5.41) is 8.65. The highest BCUT2D eigenvalue weighted by Gasteiger charge is 2.14. The minimum atomic E-state index is -0.445. The van der Waals surface area contributed by atoms with Crippen molar-refractivity contribution < 1.29 is 9.84 Å².